The van der Waals surface area contributed by atoms with Crippen molar-refractivity contribution in [3.8, 4) is 5.75 Å². The lowest BCUT2D eigenvalue weighted by Crippen LogP contribution is -2.20. The molecule has 2 nitrogen and oxygen atoms in total. The van der Waals surface area contributed by atoms with E-state index in [2.05, 4.69) is 0 Å². The summed E-state index contributed by atoms with van der Waals surface area (Å²) >= 11 is 5.70. The third kappa shape index (κ3) is 5.02. The second-order valence-corrected chi connectivity index (χ2v) is 3.75. The fraction of sp³-hybridized carbons (Fsp3) is 0.400. The Bertz CT molecular complexity index is 371. The molecule has 0 bridgehead atoms. The van der Waals surface area contributed by atoms with E-state index in [1.54, 1.807) is 0 Å². The molecule has 0 aliphatic carbocycles. The van der Waals surface area contributed by atoms with Crippen molar-refractivity contribution in [2.75, 3.05) is 7.11 Å². The fourth-order valence-corrected chi connectivity index (χ4v) is 1.53. The first kappa shape index (κ1) is 16.4. The molecule has 0 radical (unpaired) electrons. The maximum atomic E-state index is 12.2. The Morgan fingerprint density at radius 2 is 2.00 bits per heavy atom. The SMILES string of the molecule is COc1ccc(Cl)cc1[C@H](N)CC(F)(F)F.Cl. The number of halogens is 5. The van der Waals surface area contributed by atoms with Crippen molar-refractivity contribution in [3.05, 3.63) is 28.8 Å². The molecular formula is C10H12Cl2F3NO. The maximum Gasteiger partial charge on any atom is 0.390 e. The highest BCUT2D eigenvalue weighted by Crippen LogP contribution is 2.33. The Labute approximate surface area is 108 Å². The smallest absolute Gasteiger partial charge is 0.390 e. The number of ether oxygens (including phenoxy) is 1. The molecule has 1 aromatic carbocycles. The minimum absolute atomic E-state index is 0. The summed E-state index contributed by atoms with van der Waals surface area (Å²) in [4.78, 5) is 0. The molecule has 0 amide bonds. The summed E-state index contributed by atoms with van der Waals surface area (Å²) in [6.07, 6.45) is -5.42. The quantitative estimate of drug-likeness (QED) is 0.920. The highest BCUT2D eigenvalue weighted by Gasteiger charge is 2.32. The molecule has 17 heavy (non-hydrogen) atoms. The molecule has 1 aromatic rings. The lowest BCUT2D eigenvalue weighted by molar-refractivity contribution is -0.138. The van der Waals surface area contributed by atoms with Gasteiger partial charge in [-0.25, -0.2) is 0 Å². The van der Waals surface area contributed by atoms with Crippen LogP contribution in [0.2, 0.25) is 5.02 Å². The van der Waals surface area contributed by atoms with Gasteiger partial charge < -0.3 is 10.5 Å². The molecule has 1 rings (SSSR count). The maximum absolute atomic E-state index is 12.2. The minimum atomic E-state index is -4.31. The molecule has 0 aromatic heterocycles. The standard InChI is InChI=1S/C10H11ClF3NO.ClH/c1-16-9-3-2-6(11)4-7(9)8(15)5-10(12,13)14;/h2-4,8H,5,15H2,1H3;1H/t8-;/m1./s1. The summed E-state index contributed by atoms with van der Waals surface area (Å²) in [7, 11) is 1.37. The number of methoxy groups -OCH3 is 1. The molecule has 98 valence electrons. The Kier molecular flexibility index (Phi) is 6.09. The number of rotatable bonds is 3. The molecular weight excluding hydrogens is 278 g/mol. The molecule has 2 N–H and O–H groups in total. The Balaban J connectivity index is 0.00000256. The van der Waals surface area contributed by atoms with E-state index >= 15 is 0 Å². The molecule has 0 saturated carbocycles. The van der Waals surface area contributed by atoms with Crippen molar-refractivity contribution < 1.29 is 17.9 Å². The van der Waals surface area contributed by atoms with Crippen LogP contribution in [0.4, 0.5) is 13.2 Å². The monoisotopic (exact) mass is 289 g/mol. The molecule has 0 aliphatic rings. The first-order valence-electron chi connectivity index (χ1n) is 4.49. The van der Waals surface area contributed by atoms with Gasteiger partial charge in [-0.1, -0.05) is 11.6 Å². The van der Waals surface area contributed by atoms with E-state index in [0.29, 0.717) is 10.8 Å². The van der Waals surface area contributed by atoms with Gasteiger partial charge in [0.25, 0.3) is 0 Å². The van der Waals surface area contributed by atoms with Crippen LogP contribution in [0.3, 0.4) is 0 Å². The lowest BCUT2D eigenvalue weighted by atomic mass is 10.0. The number of nitrogens with two attached hydrogens (primary N) is 1. The van der Waals surface area contributed by atoms with Crippen molar-refractivity contribution in [2.24, 2.45) is 5.73 Å². The van der Waals surface area contributed by atoms with Crippen LogP contribution >= 0.6 is 24.0 Å². The number of hydrogen-bond donors (Lipinski definition) is 1. The highest BCUT2D eigenvalue weighted by atomic mass is 35.5. The first-order valence-corrected chi connectivity index (χ1v) is 4.87. The van der Waals surface area contributed by atoms with E-state index < -0.39 is 18.6 Å². The van der Waals surface area contributed by atoms with Gasteiger partial charge in [-0.3, -0.25) is 0 Å². The topological polar surface area (TPSA) is 35.2 Å². The molecule has 7 heteroatoms. The molecule has 0 saturated heterocycles. The minimum Gasteiger partial charge on any atom is -0.496 e. The van der Waals surface area contributed by atoms with Gasteiger partial charge in [-0.2, -0.15) is 13.2 Å². The Morgan fingerprint density at radius 1 is 1.41 bits per heavy atom. The number of alkyl halides is 3. The molecule has 0 heterocycles. The zero-order valence-corrected chi connectivity index (χ0v) is 10.5. The van der Waals surface area contributed by atoms with E-state index in [4.69, 9.17) is 22.1 Å². The van der Waals surface area contributed by atoms with Crippen molar-refractivity contribution >= 4 is 24.0 Å². The summed E-state index contributed by atoms with van der Waals surface area (Å²) in [5, 5.41) is 0.327. The van der Waals surface area contributed by atoms with Gasteiger partial charge in [-0.15, -0.1) is 12.4 Å². The van der Waals surface area contributed by atoms with Crippen LogP contribution in [-0.4, -0.2) is 13.3 Å². The lowest BCUT2D eigenvalue weighted by Gasteiger charge is -2.17. The van der Waals surface area contributed by atoms with Gasteiger partial charge in [0, 0.05) is 16.6 Å². The zero-order chi connectivity index (χ0) is 12.3. The average Bonchev–Trinajstić information content (AvgIpc) is 2.15. The third-order valence-electron chi connectivity index (χ3n) is 2.04. The molecule has 0 unspecified atom stereocenters. The second-order valence-electron chi connectivity index (χ2n) is 3.31. The summed E-state index contributed by atoms with van der Waals surface area (Å²) in [6, 6.07) is 3.24. The predicted molar refractivity (Wildman–Crippen MR) is 62.9 cm³/mol. The van der Waals surface area contributed by atoms with E-state index in [-0.39, 0.29) is 18.0 Å². The molecule has 0 aliphatic heterocycles. The van der Waals surface area contributed by atoms with Gasteiger partial charge in [0.1, 0.15) is 5.75 Å². The van der Waals surface area contributed by atoms with E-state index in [1.165, 1.54) is 25.3 Å². The normalized spacial score (nSPS) is 12.8. The fourth-order valence-electron chi connectivity index (χ4n) is 1.35. The van der Waals surface area contributed by atoms with Crippen LogP contribution in [0, 0.1) is 0 Å². The number of hydrogen-bond acceptors (Lipinski definition) is 2. The van der Waals surface area contributed by atoms with Gasteiger partial charge >= 0.3 is 6.18 Å². The van der Waals surface area contributed by atoms with Gasteiger partial charge in [-0.05, 0) is 18.2 Å². The van der Waals surface area contributed by atoms with Crippen LogP contribution in [0.1, 0.15) is 18.0 Å². The van der Waals surface area contributed by atoms with Crippen LogP contribution in [0.25, 0.3) is 0 Å². The molecule has 0 fully saturated rings. The van der Waals surface area contributed by atoms with E-state index in [1.807, 2.05) is 0 Å². The first-order chi connectivity index (χ1) is 7.33. The van der Waals surface area contributed by atoms with E-state index in [0.717, 1.165) is 0 Å². The Hall–Kier alpha value is -0.650. The van der Waals surface area contributed by atoms with Crippen LogP contribution in [-0.2, 0) is 0 Å². The van der Waals surface area contributed by atoms with Crippen LogP contribution in [0.15, 0.2) is 18.2 Å². The van der Waals surface area contributed by atoms with Crippen molar-refractivity contribution in [1.82, 2.24) is 0 Å². The predicted octanol–water partition coefficient (Wildman–Crippen LogP) is 3.72. The summed E-state index contributed by atoms with van der Waals surface area (Å²) in [5.41, 5.74) is 5.72. The molecule has 1 atom stereocenters. The van der Waals surface area contributed by atoms with Gasteiger partial charge in [0.15, 0.2) is 0 Å². The average molecular weight is 290 g/mol. The zero-order valence-electron chi connectivity index (χ0n) is 8.92. The van der Waals surface area contributed by atoms with Gasteiger partial charge in [0.05, 0.1) is 13.5 Å². The Morgan fingerprint density at radius 3 is 2.47 bits per heavy atom. The summed E-state index contributed by atoms with van der Waals surface area (Å²) in [6.45, 7) is 0. The van der Waals surface area contributed by atoms with Crippen LogP contribution < -0.4 is 10.5 Å². The largest absolute Gasteiger partial charge is 0.496 e. The van der Waals surface area contributed by atoms with E-state index in [9.17, 15) is 13.2 Å². The second kappa shape index (κ2) is 6.33. The number of benzene rings is 1. The van der Waals surface area contributed by atoms with Gasteiger partial charge in [0.2, 0.25) is 0 Å². The molecule has 0 spiro atoms. The third-order valence-corrected chi connectivity index (χ3v) is 2.28. The van der Waals surface area contributed by atoms with Crippen molar-refractivity contribution in [1.29, 1.82) is 0 Å². The highest BCUT2D eigenvalue weighted by molar-refractivity contribution is 6.30. The van der Waals surface area contributed by atoms with Crippen molar-refractivity contribution in [3.63, 3.8) is 0 Å². The summed E-state index contributed by atoms with van der Waals surface area (Å²) in [5.74, 6) is 0.307. The van der Waals surface area contributed by atoms with Crippen molar-refractivity contribution in [2.45, 2.75) is 18.6 Å². The summed E-state index contributed by atoms with van der Waals surface area (Å²) < 4.78 is 41.5. The van der Waals surface area contributed by atoms with Crippen LogP contribution in [0.5, 0.6) is 5.75 Å².